The average molecular weight is 399 g/mol. The molecule has 2 aromatic heterocycles. The van der Waals surface area contributed by atoms with Gasteiger partial charge in [-0.05, 0) is 56.2 Å². The topological polar surface area (TPSA) is 64.7 Å². The van der Waals surface area contributed by atoms with E-state index in [-0.39, 0.29) is 5.91 Å². The van der Waals surface area contributed by atoms with Crippen LogP contribution < -0.4 is 5.32 Å². The molecule has 4 aromatic rings. The van der Waals surface area contributed by atoms with Gasteiger partial charge in [-0.25, -0.2) is 9.36 Å². The van der Waals surface area contributed by atoms with Crippen molar-refractivity contribution in [3.05, 3.63) is 95.6 Å². The first kappa shape index (κ1) is 19.6. The minimum Gasteiger partial charge on any atom is -0.355 e. The van der Waals surface area contributed by atoms with Gasteiger partial charge in [0.05, 0.1) is 23.5 Å². The van der Waals surface area contributed by atoms with Gasteiger partial charge < -0.3 is 5.32 Å². The summed E-state index contributed by atoms with van der Waals surface area (Å²) in [7, 11) is 0. The van der Waals surface area contributed by atoms with Gasteiger partial charge in [0.25, 0.3) is 0 Å². The van der Waals surface area contributed by atoms with E-state index in [1.165, 1.54) is 5.56 Å². The molecule has 6 heteroatoms. The van der Waals surface area contributed by atoms with Gasteiger partial charge in [-0.1, -0.05) is 30.3 Å². The average Bonchev–Trinajstić information content (AvgIpc) is 3.39. The Morgan fingerprint density at radius 2 is 1.73 bits per heavy atom. The quantitative estimate of drug-likeness (QED) is 0.517. The van der Waals surface area contributed by atoms with Crippen LogP contribution in [0.1, 0.15) is 22.5 Å². The van der Waals surface area contributed by atoms with Crippen molar-refractivity contribution in [2.45, 2.75) is 26.7 Å². The predicted octanol–water partition coefficient (Wildman–Crippen LogP) is 3.58. The summed E-state index contributed by atoms with van der Waals surface area (Å²) < 4.78 is 3.73. The lowest BCUT2D eigenvalue weighted by Gasteiger charge is -2.08. The molecule has 0 atom stereocenters. The van der Waals surface area contributed by atoms with Crippen molar-refractivity contribution in [1.82, 2.24) is 24.9 Å². The van der Waals surface area contributed by atoms with Crippen molar-refractivity contribution in [2.24, 2.45) is 0 Å². The fourth-order valence-electron chi connectivity index (χ4n) is 3.56. The molecule has 0 aliphatic carbocycles. The van der Waals surface area contributed by atoms with Crippen LogP contribution in [0.15, 0.2) is 73.1 Å². The summed E-state index contributed by atoms with van der Waals surface area (Å²) in [6.45, 7) is 4.57. The van der Waals surface area contributed by atoms with Gasteiger partial charge in [0.1, 0.15) is 0 Å². The second-order valence-electron chi connectivity index (χ2n) is 7.29. The van der Waals surface area contributed by atoms with E-state index in [2.05, 4.69) is 27.6 Å². The lowest BCUT2D eigenvalue weighted by Crippen LogP contribution is -2.27. The van der Waals surface area contributed by atoms with E-state index in [4.69, 9.17) is 0 Å². The highest BCUT2D eigenvalue weighted by atomic mass is 16.1. The van der Waals surface area contributed by atoms with Crippen molar-refractivity contribution in [1.29, 1.82) is 0 Å². The molecule has 1 amide bonds. The molecule has 0 radical (unpaired) electrons. The van der Waals surface area contributed by atoms with E-state index in [0.717, 1.165) is 34.7 Å². The number of benzene rings is 2. The molecule has 2 aromatic carbocycles. The van der Waals surface area contributed by atoms with Gasteiger partial charge >= 0.3 is 0 Å². The molecule has 2 heterocycles. The molecule has 0 spiro atoms. The Balaban J connectivity index is 1.33. The zero-order valence-corrected chi connectivity index (χ0v) is 17.2. The first-order valence-electron chi connectivity index (χ1n) is 10.1. The smallest absolute Gasteiger partial charge is 0.224 e. The number of rotatable bonds is 7. The van der Waals surface area contributed by atoms with E-state index in [0.29, 0.717) is 13.0 Å². The van der Waals surface area contributed by atoms with Gasteiger partial charge in [0, 0.05) is 30.2 Å². The van der Waals surface area contributed by atoms with E-state index in [9.17, 15) is 4.79 Å². The largest absolute Gasteiger partial charge is 0.355 e. The summed E-state index contributed by atoms with van der Waals surface area (Å²) >= 11 is 0. The Hall–Kier alpha value is -3.67. The van der Waals surface area contributed by atoms with Crippen LogP contribution in [0.2, 0.25) is 0 Å². The number of aromatic nitrogens is 4. The Morgan fingerprint density at radius 1 is 0.967 bits per heavy atom. The molecule has 30 heavy (non-hydrogen) atoms. The summed E-state index contributed by atoms with van der Waals surface area (Å²) in [6, 6.07) is 20.1. The molecule has 0 unspecified atom stereocenters. The van der Waals surface area contributed by atoms with Crippen LogP contribution in [0.25, 0.3) is 11.4 Å². The van der Waals surface area contributed by atoms with Crippen molar-refractivity contribution < 1.29 is 4.79 Å². The molecular weight excluding hydrogens is 374 g/mol. The number of amides is 1. The lowest BCUT2D eigenvalue weighted by atomic mass is 10.1. The Labute approximate surface area is 176 Å². The highest BCUT2D eigenvalue weighted by molar-refractivity contribution is 5.79. The van der Waals surface area contributed by atoms with E-state index < -0.39 is 0 Å². The van der Waals surface area contributed by atoms with Crippen LogP contribution in [0.5, 0.6) is 0 Å². The zero-order valence-electron chi connectivity index (χ0n) is 17.2. The van der Waals surface area contributed by atoms with Gasteiger partial charge in [-0.2, -0.15) is 10.2 Å². The molecule has 0 aliphatic rings. The molecule has 152 valence electrons. The number of para-hydroxylation sites is 1. The molecule has 4 rings (SSSR count). The monoisotopic (exact) mass is 399 g/mol. The number of nitrogens with one attached hydrogen (secondary N) is 1. The summed E-state index contributed by atoms with van der Waals surface area (Å²) in [5, 5.41) is 11.9. The number of nitrogens with zero attached hydrogens (tertiary/aromatic N) is 4. The Bertz CT molecular complexity index is 1110. The summed E-state index contributed by atoms with van der Waals surface area (Å²) in [5.74, 6) is 0.0157. The van der Waals surface area contributed by atoms with Crippen LogP contribution in [0, 0.1) is 13.8 Å². The number of hydrogen-bond acceptors (Lipinski definition) is 3. The summed E-state index contributed by atoms with van der Waals surface area (Å²) in [6.07, 6.45) is 4.80. The van der Waals surface area contributed by atoms with Crippen LogP contribution >= 0.6 is 0 Å². The van der Waals surface area contributed by atoms with Gasteiger partial charge in [0.2, 0.25) is 5.91 Å². The third kappa shape index (κ3) is 4.33. The number of carbonyl (C=O) groups excluding carboxylic acids is 1. The molecule has 1 N–H and O–H groups in total. The molecule has 6 nitrogen and oxygen atoms in total. The van der Waals surface area contributed by atoms with E-state index in [1.807, 2.05) is 77.9 Å². The Morgan fingerprint density at radius 3 is 2.43 bits per heavy atom. The number of hydrogen-bond donors (Lipinski definition) is 1. The number of aryl methyl sites for hydroxylation is 1. The number of carbonyl (C=O) groups is 1. The molecule has 0 saturated heterocycles. The lowest BCUT2D eigenvalue weighted by molar-refractivity contribution is -0.120. The van der Waals surface area contributed by atoms with Crippen molar-refractivity contribution in [2.75, 3.05) is 6.54 Å². The van der Waals surface area contributed by atoms with Crippen LogP contribution in [-0.4, -0.2) is 32.0 Å². The highest BCUT2D eigenvalue weighted by Gasteiger charge is 2.15. The van der Waals surface area contributed by atoms with E-state index in [1.54, 1.807) is 6.20 Å². The fraction of sp³-hybridized carbons (Fsp3) is 0.208. The fourth-order valence-corrected chi connectivity index (χ4v) is 3.56. The van der Waals surface area contributed by atoms with Crippen LogP contribution in [0.4, 0.5) is 0 Å². The van der Waals surface area contributed by atoms with Crippen LogP contribution in [-0.2, 0) is 17.6 Å². The minimum absolute atomic E-state index is 0.0157. The second kappa shape index (κ2) is 8.78. The normalized spacial score (nSPS) is 10.9. The third-order valence-corrected chi connectivity index (χ3v) is 5.22. The Kier molecular flexibility index (Phi) is 5.75. The minimum atomic E-state index is 0.0157. The maximum atomic E-state index is 12.5. The second-order valence-corrected chi connectivity index (χ2v) is 7.29. The van der Waals surface area contributed by atoms with Gasteiger partial charge in [-0.3, -0.25) is 4.79 Å². The molecule has 0 aliphatic heterocycles. The zero-order chi connectivity index (χ0) is 20.9. The van der Waals surface area contributed by atoms with Crippen LogP contribution in [0.3, 0.4) is 0 Å². The van der Waals surface area contributed by atoms with Gasteiger partial charge in [-0.15, -0.1) is 0 Å². The molecule has 0 fully saturated rings. The van der Waals surface area contributed by atoms with Crippen molar-refractivity contribution >= 4 is 5.91 Å². The summed E-state index contributed by atoms with van der Waals surface area (Å²) in [5.41, 5.74) is 6.08. The molecule has 0 saturated carbocycles. The van der Waals surface area contributed by atoms with E-state index >= 15 is 0 Å². The van der Waals surface area contributed by atoms with Crippen molar-refractivity contribution in [3.63, 3.8) is 0 Å². The maximum Gasteiger partial charge on any atom is 0.224 e. The SMILES string of the molecule is Cc1nn(-c2ccccc2)c(C)c1CC(=O)NCCc1ccc(-n2cccn2)cc1. The standard InChI is InChI=1S/C24H25N5O/c1-18-23(19(2)29(27-18)22-7-4-3-5-8-22)17-24(30)25-15-13-20-9-11-21(12-10-20)28-16-6-14-26-28/h3-12,14,16H,13,15,17H2,1-2H3,(H,25,30). The summed E-state index contributed by atoms with van der Waals surface area (Å²) in [4.78, 5) is 12.5. The first-order chi connectivity index (χ1) is 14.6. The predicted molar refractivity (Wildman–Crippen MR) is 117 cm³/mol. The maximum absolute atomic E-state index is 12.5. The molecular formula is C24H25N5O. The third-order valence-electron chi connectivity index (χ3n) is 5.22. The highest BCUT2D eigenvalue weighted by Crippen LogP contribution is 2.18. The van der Waals surface area contributed by atoms with Crippen molar-refractivity contribution in [3.8, 4) is 11.4 Å². The van der Waals surface area contributed by atoms with Gasteiger partial charge in [0.15, 0.2) is 0 Å². The first-order valence-corrected chi connectivity index (χ1v) is 10.1. The molecule has 0 bridgehead atoms.